The van der Waals surface area contributed by atoms with E-state index < -0.39 is 47.1 Å². The van der Waals surface area contributed by atoms with Crippen molar-refractivity contribution < 1.29 is 27.1 Å². The zero-order valence-corrected chi connectivity index (χ0v) is 21.8. The Morgan fingerprint density at radius 3 is 2.62 bits per heavy atom. The van der Waals surface area contributed by atoms with Crippen LogP contribution in [0.1, 0.15) is 27.9 Å². The molecule has 2 heterocycles. The van der Waals surface area contributed by atoms with Crippen LogP contribution in [0.4, 0.5) is 26.0 Å². The maximum Gasteiger partial charge on any atom is 0.258 e. The van der Waals surface area contributed by atoms with Gasteiger partial charge in [0.15, 0.2) is 11.6 Å². The molecule has 2 aromatic carbocycles. The number of nitrogens with two attached hydrogens (primary N) is 1. The van der Waals surface area contributed by atoms with Crippen LogP contribution in [0, 0.1) is 17.1 Å². The van der Waals surface area contributed by atoms with Crippen molar-refractivity contribution in [2.45, 2.75) is 19.0 Å². The topological polar surface area (TPSA) is 170 Å². The molecule has 11 nitrogen and oxygen atoms in total. The highest BCUT2D eigenvalue weighted by atomic mass is 32.2. The van der Waals surface area contributed by atoms with Crippen molar-refractivity contribution in [3.63, 3.8) is 0 Å². The normalized spacial score (nSPS) is 12.4. The third-order valence-corrected chi connectivity index (χ3v) is 6.73. The number of pyridine rings is 1. The zero-order chi connectivity index (χ0) is 28.8. The molecule has 2 atom stereocenters. The Hall–Kier alpha value is -4.74. The maximum atomic E-state index is 15.7. The summed E-state index contributed by atoms with van der Waals surface area (Å²) in [6.07, 6.45) is 0.747. The molecule has 3 N–H and O–H groups in total. The van der Waals surface area contributed by atoms with Crippen LogP contribution in [0.15, 0.2) is 55.0 Å². The summed E-state index contributed by atoms with van der Waals surface area (Å²) >= 11 is -2.99. The molecule has 40 heavy (non-hydrogen) atoms. The van der Waals surface area contributed by atoms with Crippen molar-refractivity contribution in [2.75, 3.05) is 29.0 Å². The van der Waals surface area contributed by atoms with E-state index in [-0.39, 0.29) is 40.8 Å². The number of anilines is 3. The molecule has 4 rings (SSSR count). The number of alkyl halides is 1. The predicted molar refractivity (Wildman–Crippen MR) is 143 cm³/mol. The molecule has 4 aromatic rings. The average molecular weight is 567 g/mol. The minimum atomic E-state index is -2.99. The lowest BCUT2D eigenvalue weighted by Crippen LogP contribution is -2.30. The number of rotatable bonds is 10. The third kappa shape index (κ3) is 6.11. The summed E-state index contributed by atoms with van der Waals surface area (Å²) in [6, 6.07) is 12.1. The van der Waals surface area contributed by atoms with E-state index in [1.165, 1.54) is 19.4 Å². The van der Waals surface area contributed by atoms with E-state index in [9.17, 15) is 23.2 Å². The average Bonchev–Trinajstić information content (AvgIpc) is 2.95. The fraction of sp³-hybridized carbons (Fsp3) is 0.192. The van der Waals surface area contributed by atoms with Gasteiger partial charge in [0.1, 0.15) is 35.4 Å². The minimum Gasteiger partial charge on any atom is -0.755 e. The monoisotopic (exact) mass is 566 g/mol. The number of halogens is 2. The number of nitrogens with zero attached hydrogens (tertiary/aromatic N) is 5. The Morgan fingerprint density at radius 1 is 1.20 bits per heavy atom. The van der Waals surface area contributed by atoms with Gasteiger partial charge >= 0.3 is 0 Å². The van der Waals surface area contributed by atoms with Gasteiger partial charge in [-0.1, -0.05) is 12.1 Å². The molecule has 0 saturated carbocycles. The Balaban J connectivity index is 1.57. The molecule has 0 aliphatic rings. The summed E-state index contributed by atoms with van der Waals surface area (Å²) in [5.74, 6) is -1.40. The molecular weight excluding hydrogens is 544 g/mol. The fourth-order valence-corrected chi connectivity index (χ4v) is 4.53. The number of amides is 1. The molecule has 0 aliphatic heterocycles. The van der Waals surface area contributed by atoms with Crippen LogP contribution >= 0.6 is 0 Å². The van der Waals surface area contributed by atoms with Crippen molar-refractivity contribution in [3.05, 3.63) is 77.5 Å². The first-order chi connectivity index (χ1) is 19.2. The molecule has 0 saturated heterocycles. The largest absolute Gasteiger partial charge is 0.755 e. The van der Waals surface area contributed by atoms with E-state index in [0.717, 1.165) is 18.5 Å². The molecule has 14 heteroatoms. The second-order valence-corrected chi connectivity index (χ2v) is 9.33. The summed E-state index contributed by atoms with van der Waals surface area (Å²) < 4.78 is 60.2. The Morgan fingerprint density at radius 2 is 1.95 bits per heavy atom. The van der Waals surface area contributed by atoms with Crippen LogP contribution in [0.2, 0.25) is 0 Å². The van der Waals surface area contributed by atoms with E-state index in [2.05, 4.69) is 20.3 Å². The SMILES string of the molecule is COc1ccc(CC(F)CCN(c2ccc(C#N)c(NC(=O)c3ccnc4c(N)ncnc34)c2F)S(=O)[O-])cc1. The number of nitrogens with one attached hydrogen (secondary N) is 1. The molecule has 206 valence electrons. The van der Waals surface area contributed by atoms with Gasteiger partial charge < -0.3 is 20.3 Å². The zero-order valence-electron chi connectivity index (χ0n) is 21.0. The lowest BCUT2D eigenvalue weighted by molar-refractivity contribution is 0.102. The number of hydrogen-bond acceptors (Lipinski definition) is 9. The molecule has 0 spiro atoms. The van der Waals surface area contributed by atoms with E-state index in [1.807, 2.05) is 0 Å². The second kappa shape index (κ2) is 12.4. The number of benzene rings is 2. The molecule has 1 amide bonds. The quantitative estimate of drug-likeness (QED) is 0.273. The van der Waals surface area contributed by atoms with Crippen molar-refractivity contribution in [1.82, 2.24) is 15.0 Å². The summed E-state index contributed by atoms with van der Waals surface area (Å²) in [4.78, 5) is 25.0. The molecule has 2 unspecified atom stereocenters. The van der Waals surface area contributed by atoms with Crippen molar-refractivity contribution >= 4 is 45.4 Å². The lowest BCUT2D eigenvalue weighted by atomic mass is 10.1. The number of methoxy groups -OCH3 is 1. The number of aromatic nitrogens is 3. The smallest absolute Gasteiger partial charge is 0.258 e. The Bertz CT molecular complexity index is 1620. The Labute approximate surface area is 230 Å². The minimum absolute atomic E-state index is 0.00838. The molecule has 0 bridgehead atoms. The van der Waals surface area contributed by atoms with E-state index in [0.29, 0.717) is 15.6 Å². The van der Waals surface area contributed by atoms with Gasteiger partial charge in [0, 0.05) is 30.4 Å². The molecule has 2 aromatic heterocycles. The number of fused-ring (bicyclic) bond motifs is 1. The standard InChI is InChI=1S/C26H23F2N7O4S/c1-39-18-5-2-15(3-6-18)12-17(27)9-11-35(40(37)38)20-7-4-16(13-29)22(21(20)28)34-26(36)19-8-10-31-24-23(19)32-14-33-25(24)30/h2-8,10,14,17H,9,11-12H2,1H3,(H,34,36)(H,37,38)(H2,30,32,33)/p-1. The first-order valence-corrected chi connectivity index (χ1v) is 12.8. The molecule has 0 fully saturated rings. The first kappa shape index (κ1) is 28.3. The maximum absolute atomic E-state index is 15.7. The molecular formula is C26H22F2N7O4S-. The van der Waals surface area contributed by atoms with Crippen LogP contribution in [0.25, 0.3) is 11.0 Å². The van der Waals surface area contributed by atoms with Crippen molar-refractivity contribution in [1.29, 1.82) is 5.26 Å². The lowest BCUT2D eigenvalue weighted by Gasteiger charge is -2.28. The molecule has 0 aliphatic carbocycles. The van der Waals surface area contributed by atoms with Gasteiger partial charge in [-0.3, -0.25) is 18.3 Å². The first-order valence-electron chi connectivity index (χ1n) is 11.8. The van der Waals surface area contributed by atoms with Gasteiger partial charge in [-0.2, -0.15) is 5.26 Å². The predicted octanol–water partition coefficient (Wildman–Crippen LogP) is 3.45. The van der Waals surface area contributed by atoms with Crippen molar-refractivity contribution in [3.8, 4) is 11.8 Å². The number of carbonyl (C=O) groups excluding carboxylic acids is 1. The van der Waals surface area contributed by atoms with Crippen LogP contribution < -0.4 is 20.1 Å². The highest BCUT2D eigenvalue weighted by molar-refractivity contribution is 7.80. The second-order valence-electron chi connectivity index (χ2n) is 8.46. The van der Waals surface area contributed by atoms with E-state index in [1.54, 1.807) is 30.3 Å². The highest BCUT2D eigenvalue weighted by Crippen LogP contribution is 2.31. The van der Waals surface area contributed by atoms with Crippen LogP contribution in [-0.4, -0.2) is 49.4 Å². The number of carbonyl (C=O) groups is 1. The van der Waals surface area contributed by atoms with Crippen LogP contribution in [0.5, 0.6) is 5.75 Å². The summed E-state index contributed by atoms with van der Waals surface area (Å²) in [7, 11) is 1.51. The number of nitriles is 1. The van der Waals surface area contributed by atoms with Crippen LogP contribution in [0.3, 0.4) is 0 Å². The van der Waals surface area contributed by atoms with Gasteiger partial charge in [0.2, 0.25) is 0 Å². The third-order valence-electron chi connectivity index (χ3n) is 5.99. The van der Waals surface area contributed by atoms with E-state index >= 15 is 4.39 Å². The highest BCUT2D eigenvalue weighted by Gasteiger charge is 2.23. The van der Waals surface area contributed by atoms with Crippen LogP contribution in [-0.2, 0) is 17.7 Å². The van der Waals surface area contributed by atoms with Gasteiger partial charge in [0.05, 0.1) is 29.6 Å². The number of nitrogen functional groups attached to an aromatic ring is 1. The molecule has 0 radical (unpaired) electrons. The van der Waals surface area contributed by atoms with E-state index in [4.69, 9.17) is 10.5 Å². The van der Waals surface area contributed by atoms with Crippen molar-refractivity contribution in [2.24, 2.45) is 0 Å². The number of ether oxygens (including phenoxy) is 1. The van der Waals surface area contributed by atoms with Gasteiger partial charge in [-0.05, 0) is 42.3 Å². The van der Waals surface area contributed by atoms with Gasteiger partial charge in [0.25, 0.3) is 5.91 Å². The Kier molecular flexibility index (Phi) is 8.77. The summed E-state index contributed by atoms with van der Waals surface area (Å²) in [5.41, 5.74) is 5.39. The van der Waals surface area contributed by atoms with Gasteiger partial charge in [-0.15, -0.1) is 0 Å². The summed E-state index contributed by atoms with van der Waals surface area (Å²) in [5, 5.41) is 11.8. The number of hydrogen-bond donors (Lipinski definition) is 2. The summed E-state index contributed by atoms with van der Waals surface area (Å²) in [6.45, 7) is -0.394. The van der Waals surface area contributed by atoms with Gasteiger partial charge in [-0.25, -0.2) is 18.7 Å². The fourth-order valence-electron chi connectivity index (χ4n) is 3.97.